The first-order valence-electron chi connectivity index (χ1n) is 16.1. The van der Waals surface area contributed by atoms with Crippen molar-refractivity contribution in [2.75, 3.05) is 33.5 Å². The van der Waals surface area contributed by atoms with E-state index in [1.807, 2.05) is 126 Å². The molecule has 0 aliphatic rings. The van der Waals surface area contributed by atoms with Crippen LogP contribution < -0.4 is 14.2 Å². The summed E-state index contributed by atoms with van der Waals surface area (Å²) in [4.78, 5) is 17.5. The lowest BCUT2D eigenvalue weighted by Gasteiger charge is -2.15. The Morgan fingerprint density at radius 2 is 1.20 bits per heavy atom. The SMILES string of the molecule is COCCOCCOc1ccc(-n2cc(-c3ccccc3OCc3ccccc3)nc2-c2ccccc2OCc2ccccc2)cc1C=O. The molecule has 8 heteroatoms. The lowest BCUT2D eigenvalue weighted by Crippen LogP contribution is -2.11. The Kier molecular flexibility index (Phi) is 11.5. The number of ether oxygens (including phenoxy) is 5. The Balaban J connectivity index is 1.36. The standard InChI is InChI=1S/C41H38N2O6/c1-45-22-23-46-24-25-47-38-21-20-34(26-33(38)28-44)43-27-37(35-16-8-10-18-39(35)48-29-31-12-4-2-5-13-31)42-41(43)36-17-9-11-19-40(36)49-30-32-14-6-3-7-15-32/h2-21,26-28H,22-25,29-30H2,1H3. The largest absolute Gasteiger partial charge is 0.490 e. The molecule has 6 aromatic rings. The van der Waals surface area contributed by atoms with E-state index in [-0.39, 0.29) is 0 Å². The number of aromatic nitrogens is 2. The van der Waals surface area contributed by atoms with Crippen LogP contribution in [0, 0.1) is 0 Å². The van der Waals surface area contributed by atoms with Crippen molar-refractivity contribution >= 4 is 6.29 Å². The third kappa shape index (κ3) is 8.61. The summed E-state index contributed by atoms with van der Waals surface area (Å²) in [6.45, 7) is 2.48. The minimum absolute atomic E-state index is 0.302. The van der Waals surface area contributed by atoms with Crippen LogP contribution in [0.4, 0.5) is 0 Å². The summed E-state index contributed by atoms with van der Waals surface area (Å²) in [6, 6.07) is 41.3. The number of hydrogen-bond donors (Lipinski definition) is 0. The van der Waals surface area contributed by atoms with E-state index in [0.717, 1.165) is 34.2 Å². The predicted octanol–water partition coefficient (Wildman–Crippen LogP) is 8.22. The van der Waals surface area contributed by atoms with Gasteiger partial charge in [-0.1, -0.05) is 84.9 Å². The zero-order valence-corrected chi connectivity index (χ0v) is 27.4. The van der Waals surface area contributed by atoms with Gasteiger partial charge in [0.2, 0.25) is 0 Å². The highest BCUT2D eigenvalue weighted by Crippen LogP contribution is 2.37. The van der Waals surface area contributed by atoms with Crippen molar-refractivity contribution in [2.24, 2.45) is 0 Å². The van der Waals surface area contributed by atoms with Gasteiger partial charge in [-0.25, -0.2) is 4.98 Å². The van der Waals surface area contributed by atoms with Gasteiger partial charge in [-0.3, -0.25) is 9.36 Å². The average molecular weight is 655 g/mol. The van der Waals surface area contributed by atoms with Crippen LogP contribution >= 0.6 is 0 Å². The summed E-state index contributed by atoms with van der Waals surface area (Å²) >= 11 is 0. The van der Waals surface area contributed by atoms with E-state index < -0.39 is 0 Å². The molecule has 8 nitrogen and oxygen atoms in total. The van der Waals surface area contributed by atoms with Gasteiger partial charge in [0.25, 0.3) is 0 Å². The Hall–Kier alpha value is -5.70. The first-order chi connectivity index (χ1) is 24.2. The molecule has 0 radical (unpaired) electrons. The third-order valence-electron chi connectivity index (χ3n) is 7.79. The summed E-state index contributed by atoms with van der Waals surface area (Å²) in [5, 5.41) is 0. The summed E-state index contributed by atoms with van der Waals surface area (Å²) in [6.07, 6.45) is 2.76. The molecule has 0 saturated heterocycles. The summed E-state index contributed by atoms with van der Waals surface area (Å²) in [7, 11) is 1.63. The van der Waals surface area contributed by atoms with Crippen molar-refractivity contribution in [1.82, 2.24) is 9.55 Å². The molecule has 0 aliphatic carbocycles. The van der Waals surface area contributed by atoms with E-state index in [9.17, 15) is 4.79 Å². The lowest BCUT2D eigenvalue weighted by molar-refractivity contribution is 0.0543. The molecule has 49 heavy (non-hydrogen) atoms. The number of para-hydroxylation sites is 2. The predicted molar refractivity (Wildman–Crippen MR) is 190 cm³/mol. The summed E-state index contributed by atoms with van der Waals surface area (Å²) < 4.78 is 31.1. The van der Waals surface area contributed by atoms with E-state index in [1.165, 1.54) is 0 Å². The molecular formula is C41H38N2O6. The normalized spacial score (nSPS) is 10.9. The Bertz CT molecular complexity index is 1940. The van der Waals surface area contributed by atoms with E-state index >= 15 is 0 Å². The molecule has 0 atom stereocenters. The molecule has 0 amide bonds. The summed E-state index contributed by atoms with van der Waals surface area (Å²) in [5.74, 6) is 2.51. The van der Waals surface area contributed by atoms with Crippen LogP contribution in [0.5, 0.6) is 17.2 Å². The Morgan fingerprint density at radius 3 is 1.86 bits per heavy atom. The topological polar surface area (TPSA) is 81.0 Å². The molecule has 0 saturated carbocycles. The number of hydrogen-bond acceptors (Lipinski definition) is 7. The van der Waals surface area contributed by atoms with Gasteiger partial charge in [0.1, 0.15) is 42.9 Å². The minimum atomic E-state index is 0.302. The van der Waals surface area contributed by atoms with Gasteiger partial charge in [0, 0.05) is 24.6 Å². The number of carbonyl (C=O) groups excluding carboxylic acids is 1. The first kappa shape index (κ1) is 33.2. The Morgan fingerprint density at radius 1 is 0.612 bits per heavy atom. The van der Waals surface area contributed by atoms with Gasteiger partial charge in [-0.15, -0.1) is 0 Å². The van der Waals surface area contributed by atoms with E-state index in [1.54, 1.807) is 19.2 Å². The van der Waals surface area contributed by atoms with Crippen molar-refractivity contribution in [2.45, 2.75) is 13.2 Å². The van der Waals surface area contributed by atoms with Crippen molar-refractivity contribution in [3.8, 4) is 45.6 Å². The zero-order valence-electron chi connectivity index (χ0n) is 27.4. The first-order valence-corrected chi connectivity index (χ1v) is 16.1. The van der Waals surface area contributed by atoms with Gasteiger partial charge in [-0.2, -0.15) is 0 Å². The van der Waals surface area contributed by atoms with E-state index in [2.05, 4.69) is 0 Å². The molecule has 0 bridgehead atoms. The maximum Gasteiger partial charge on any atom is 0.153 e. The number of carbonyl (C=O) groups is 1. The van der Waals surface area contributed by atoms with Crippen LogP contribution in [0.25, 0.3) is 28.3 Å². The number of benzene rings is 5. The van der Waals surface area contributed by atoms with Gasteiger partial charge in [0.15, 0.2) is 6.29 Å². The molecule has 0 aliphatic heterocycles. The fraction of sp³-hybridized carbons (Fsp3) is 0.171. The number of methoxy groups -OCH3 is 1. The smallest absolute Gasteiger partial charge is 0.153 e. The molecule has 0 spiro atoms. The highest BCUT2D eigenvalue weighted by atomic mass is 16.5. The van der Waals surface area contributed by atoms with Gasteiger partial charge in [0.05, 0.1) is 36.6 Å². The van der Waals surface area contributed by atoms with Gasteiger partial charge in [-0.05, 0) is 53.6 Å². The average Bonchev–Trinajstić information content (AvgIpc) is 3.61. The number of rotatable bonds is 17. The second-order valence-electron chi connectivity index (χ2n) is 11.2. The fourth-order valence-electron chi connectivity index (χ4n) is 5.31. The molecular weight excluding hydrogens is 616 g/mol. The van der Waals surface area contributed by atoms with Crippen LogP contribution in [0.2, 0.25) is 0 Å². The highest BCUT2D eigenvalue weighted by molar-refractivity contribution is 5.81. The van der Waals surface area contributed by atoms with Crippen LogP contribution in [-0.2, 0) is 22.7 Å². The molecule has 1 aromatic heterocycles. The maximum atomic E-state index is 12.3. The van der Waals surface area contributed by atoms with E-state index in [0.29, 0.717) is 74.0 Å². The van der Waals surface area contributed by atoms with Gasteiger partial charge < -0.3 is 23.7 Å². The van der Waals surface area contributed by atoms with Gasteiger partial charge >= 0.3 is 0 Å². The summed E-state index contributed by atoms with van der Waals surface area (Å²) in [5.41, 5.74) is 5.62. The molecule has 6 rings (SSSR count). The minimum Gasteiger partial charge on any atom is -0.490 e. The quantitative estimate of drug-likeness (QED) is 0.0724. The number of aldehydes is 1. The highest BCUT2D eigenvalue weighted by Gasteiger charge is 2.20. The second kappa shape index (κ2) is 16.9. The lowest BCUT2D eigenvalue weighted by atomic mass is 10.1. The van der Waals surface area contributed by atoms with E-state index in [4.69, 9.17) is 28.7 Å². The van der Waals surface area contributed by atoms with Crippen LogP contribution in [0.15, 0.2) is 134 Å². The molecule has 248 valence electrons. The van der Waals surface area contributed by atoms with Crippen LogP contribution in [-0.4, -0.2) is 49.4 Å². The monoisotopic (exact) mass is 654 g/mol. The molecule has 0 N–H and O–H groups in total. The second-order valence-corrected chi connectivity index (χ2v) is 11.2. The van der Waals surface area contributed by atoms with Crippen LogP contribution in [0.1, 0.15) is 21.5 Å². The number of imidazole rings is 1. The molecule has 0 fully saturated rings. The molecule has 5 aromatic carbocycles. The maximum absolute atomic E-state index is 12.3. The molecule has 1 heterocycles. The fourth-order valence-corrected chi connectivity index (χ4v) is 5.31. The van der Waals surface area contributed by atoms with Crippen molar-refractivity contribution in [3.05, 3.63) is 150 Å². The third-order valence-corrected chi connectivity index (χ3v) is 7.79. The van der Waals surface area contributed by atoms with Crippen LogP contribution in [0.3, 0.4) is 0 Å². The molecule has 0 unspecified atom stereocenters. The Labute approximate surface area is 286 Å². The zero-order chi connectivity index (χ0) is 33.7. The van der Waals surface area contributed by atoms with Crippen molar-refractivity contribution in [1.29, 1.82) is 0 Å². The van der Waals surface area contributed by atoms with Crippen molar-refractivity contribution in [3.63, 3.8) is 0 Å². The van der Waals surface area contributed by atoms with Crippen molar-refractivity contribution < 1.29 is 28.5 Å². The number of nitrogens with zero attached hydrogens (tertiary/aromatic N) is 2.